The standard InChI is InChI=1S/C13H18F2N2/c1-13(2,3)8-6-17(7-8)12-5-11(16)9(14)4-10(12)15/h4-5,8H,6-7,16H2,1-3H3. The zero-order chi connectivity index (χ0) is 12.8. The molecule has 0 atom stereocenters. The maximum Gasteiger partial charge on any atom is 0.149 e. The Hall–Kier alpha value is -1.32. The normalized spacial score (nSPS) is 17.1. The Morgan fingerprint density at radius 1 is 1.18 bits per heavy atom. The summed E-state index contributed by atoms with van der Waals surface area (Å²) < 4.78 is 26.6. The molecule has 1 fully saturated rings. The lowest BCUT2D eigenvalue weighted by molar-refractivity contribution is 0.194. The number of halogens is 2. The van der Waals surface area contributed by atoms with Crippen LogP contribution in [-0.2, 0) is 0 Å². The fourth-order valence-corrected chi connectivity index (χ4v) is 2.02. The van der Waals surface area contributed by atoms with E-state index in [-0.39, 0.29) is 11.1 Å². The van der Waals surface area contributed by atoms with Gasteiger partial charge in [0, 0.05) is 19.2 Å². The molecule has 1 aliphatic heterocycles. The molecule has 0 aliphatic carbocycles. The molecule has 0 aromatic heterocycles. The molecule has 0 saturated carbocycles. The van der Waals surface area contributed by atoms with Crippen LogP contribution in [0.3, 0.4) is 0 Å². The van der Waals surface area contributed by atoms with Crippen molar-refractivity contribution in [2.45, 2.75) is 20.8 Å². The van der Waals surface area contributed by atoms with E-state index in [1.54, 1.807) is 0 Å². The highest BCUT2D eigenvalue weighted by Crippen LogP contribution is 2.38. The van der Waals surface area contributed by atoms with E-state index in [4.69, 9.17) is 5.73 Å². The zero-order valence-electron chi connectivity index (χ0n) is 10.4. The van der Waals surface area contributed by atoms with Crippen molar-refractivity contribution >= 4 is 11.4 Å². The Labute approximate surface area is 100 Å². The molecule has 94 valence electrons. The van der Waals surface area contributed by atoms with Crippen molar-refractivity contribution in [2.24, 2.45) is 11.3 Å². The molecule has 1 aliphatic rings. The molecule has 0 amide bonds. The first-order valence-electron chi connectivity index (χ1n) is 5.78. The van der Waals surface area contributed by atoms with Gasteiger partial charge in [0.1, 0.15) is 11.6 Å². The van der Waals surface area contributed by atoms with Crippen molar-refractivity contribution in [3.63, 3.8) is 0 Å². The van der Waals surface area contributed by atoms with Gasteiger partial charge in [-0.3, -0.25) is 0 Å². The number of benzene rings is 1. The SMILES string of the molecule is CC(C)(C)C1CN(c2cc(N)c(F)cc2F)C1. The van der Waals surface area contributed by atoms with Crippen LogP contribution in [0, 0.1) is 23.0 Å². The van der Waals surface area contributed by atoms with Crippen molar-refractivity contribution in [3.05, 3.63) is 23.8 Å². The summed E-state index contributed by atoms with van der Waals surface area (Å²) >= 11 is 0. The first-order chi connectivity index (χ1) is 7.79. The van der Waals surface area contributed by atoms with Gasteiger partial charge < -0.3 is 10.6 Å². The number of hydrogen-bond donors (Lipinski definition) is 1. The quantitative estimate of drug-likeness (QED) is 0.764. The lowest BCUT2D eigenvalue weighted by Crippen LogP contribution is -2.52. The van der Waals surface area contributed by atoms with Gasteiger partial charge in [0.25, 0.3) is 0 Å². The van der Waals surface area contributed by atoms with Crippen LogP contribution >= 0.6 is 0 Å². The second-order valence-corrected chi connectivity index (χ2v) is 5.79. The van der Waals surface area contributed by atoms with Crippen molar-refractivity contribution in [3.8, 4) is 0 Å². The van der Waals surface area contributed by atoms with Crippen LogP contribution < -0.4 is 10.6 Å². The first-order valence-corrected chi connectivity index (χ1v) is 5.78. The van der Waals surface area contributed by atoms with E-state index in [1.807, 2.05) is 4.90 Å². The van der Waals surface area contributed by atoms with Crippen molar-refractivity contribution in [2.75, 3.05) is 23.7 Å². The highest BCUT2D eigenvalue weighted by atomic mass is 19.1. The van der Waals surface area contributed by atoms with Crippen LogP contribution in [-0.4, -0.2) is 13.1 Å². The van der Waals surface area contributed by atoms with E-state index in [9.17, 15) is 8.78 Å². The molecule has 1 aromatic rings. The third-order valence-electron chi connectivity index (χ3n) is 3.51. The molecule has 1 aromatic carbocycles. The maximum absolute atomic E-state index is 13.6. The van der Waals surface area contributed by atoms with E-state index in [0.29, 0.717) is 11.6 Å². The minimum Gasteiger partial charge on any atom is -0.396 e. The van der Waals surface area contributed by atoms with Gasteiger partial charge in [0.05, 0.1) is 11.4 Å². The smallest absolute Gasteiger partial charge is 0.149 e. The average Bonchev–Trinajstić information content (AvgIpc) is 2.08. The van der Waals surface area contributed by atoms with Crippen molar-refractivity contribution in [1.82, 2.24) is 0 Å². The topological polar surface area (TPSA) is 29.3 Å². The molecule has 2 nitrogen and oxygen atoms in total. The molecule has 0 bridgehead atoms. The number of nitrogens with two attached hydrogens (primary N) is 1. The molecular weight excluding hydrogens is 222 g/mol. The predicted molar refractivity (Wildman–Crippen MR) is 65.9 cm³/mol. The van der Waals surface area contributed by atoms with Crippen LogP contribution in [0.2, 0.25) is 0 Å². The summed E-state index contributed by atoms with van der Waals surface area (Å²) in [6, 6.07) is 2.23. The summed E-state index contributed by atoms with van der Waals surface area (Å²) in [4.78, 5) is 1.90. The summed E-state index contributed by atoms with van der Waals surface area (Å²) in [6.45, 7) is 8.11. The summed E-state index contributed by atoms with van der Waals surface area (Å²) in [7, 11) is 0. The highest BCUT2D eigenvalue weighted by molar-refractivity contribution is 5.59. The van der Waals surface area contributed by atoms with Gasteiger partial charge in [0.15, 0.2) is 0 Å². The number of hydrogen-bond acceptors (Lipinski definition) is 2. The minimum atomic E-state index is -0.695. The molecule has 0 radical (unpaired) electrons. The second kappa shape index (κ2) is 3.86. The molecule has 4 heteroatoms. The van der Waals surface area contributed by atoms with E-state index in [1.165, 1.54) is 6.07 Å². The minimum absolute atomic E-state index is 0.000564. The van der Waals surface area contributed by atoms with E-state index >= 15 is 0 Å². The highest BCUT2D eigenvalue weighted by Gasteiger charge is 2.36. The van der Waals surface area contributed by atoms with Crippen LogP contribution in [0.1, 0.15) is 20.8 Å². The van der Waals surface area contributed by atoms with Gasteiger partial charge in [-0.05, 0) is 17.4 Å². The molecule has 0 spiro atoms. The Kier molecular flexibility index (Phi) is 2.76. The molecule has 17 heavy (non-hydrogen) atoms. The second-order valence-electron chi connectivity index (χ2n) is 5.79. The molecule has 1 heterocycles. The average molecular weight is 240 g/mol. The Morgan fingerprint density at radius 3 is 2.29 bits per heavy atom. The largest absolute Gasteiger partial charge is 0.396 e. The Morgan fingerprint density at radius 2 is 1.76 bits per heavy atom. The fourth-order valence-electron chi connectivity index (χ4n) is 2.02. The van der Waals surface area contributed by atoms with Crippen LogP contribution in [0.4, 0.5) is 20.2 Å². The third kappa shape index (κ3) is 2.21. The molecule has 2 N–H and O–H groups in total. The summed E-state index contributed by atoms with van der Waals surface area (Å²) in [5, 5.41) is 0. The fraction of sp³-hybridized carbons (Fsp3) is 0.538. The lowest BCUT2D eigenvalue weighted by atomic mass is 9.76. The van der Waals surface area contributed by atoms with Gasteiger partial charge in [-0.15, -0.1) is 0 Å². The van der Waals surface area contributed by atoms with Gasteiger partial charge in [-0.1, -0.05) is 20.8 Å². The monoisotopic (exact) mass is 240 g/mol. The number of anilines is 2. The molecule has 0 unspecified atom stereocenters. The Bertz CT molecular complexity index is 432. The van der Waals surface area contributed by atoms with Crippen molar-refractivity contribution < 1.29 is 8.78 Å². The lowest BCUT2D eigenvalue weighted by Gasteiger charge is -2.47. The molecule has 2 rings (SSSR count). The first kappa shape index (κ1) is 12.1. The van der Waals surface area contributed by atoms with Crippen LogP contribution in [0.15, 0.2) is 12.1 Å². The van der Waals surface area contributed by atoms with Gasteiger partial charge >= 0.3 is 0 Å². The molecule has 1 saturated heterocycles. The number of nitrogens with zero attached hydrogens (tertiary/aromatic N) is 1. The van der Waals surface area contributed by atoms with Gasteiger partial charge in [0.2, 0.25) is 0 Å². The number of nitrogen functional groups attached to an aromatic ring is 1. The van der Waals surface area contributed by atoms with Crippen LogP contribution in [0.25, 0.3) is 0 Å². The maximum atomic E-state index is 13.6. The summed E-state index contributed by atoms with van der Waals surface area (Å²) in [5.74, 6) is -0.698. The van der Waals surface area contributed by atoms with Crippen molar-refractivity contribution in [1.29, 1.82) is 0 Å². The van der Waals surface area contributed by atoms with E-state index in [2.05, 4.69) is 20.8 Å². The third-order valence-corrected chi connectivity index (χ3v) is 3.51. The van der Waals surface area contributed by atoms with Gasteiger partial charge in [-0.2, -0.15) is 0 Å². The van der Waals surface area contributed by atoms with Gasteiger partial charge in [-0.25, -0.2) is 8.78 Å². The molecular formula is C13H18F2N2. The Balaban J connectivity index is 2.14. The summed E-state index contributed by atoms with van der Waals surface area (Å²) in [6.07, 6.45) is 0. The summed E-state index contributed by atoms with van der Waals surface area (Å²) in [5.41, 5.74) is 6.09. The number of rotatable bonds is 1. The van der Waals surface area contributed by atoms with E-state index in [0.717, 1.165) is 19.2 Å². The van der Waals surface area contributed by atoms with E-state index < -0.39 is 11.6 Å². The van der Waals surface area contributed by atoms with Crippen LogP contribution in [0.5, 0.6) is 0 Å². The zero-order valence-corrected chi connectivity index (χ0v) is 10.4. The predicted octanol–water partition coefficient (Wildman–Crippen LogP) is 3.03.